The minimum Gasteiger partial charge on any atom is -0.388 e. The number of hydrogen-bond donors (Lipinski definition) is 3. The van der Waals surface area contributed by atoms with Gasteiger partial charge < -0.3 is 16.0 Å². The fourth-order valence-corrected chi connectivity index (χ4v) is 3.43. The summed E-state index contributed by atoms with van der Waals surface area (Å²) in [6, 6.07) is 0. The van der Waals surface area contributed by atoms with Gasteiger partial charge in [-0.1, -0.05) is 57.0 Å². The molecule has 176 valence electrons. The van der Waals surface area contributed by atoms with E-state index in [1.165, 1.54) is 11.1 Å². The SMILES string of the molecule is C=C1CCC2=C(C=C(CNC(=C)C(=NC=NCC)C(=C)C/C=C/NC/C=C/CC)CC=C2)N1. The van der Waals surface area contributed by atoms with Crippen LogP contribution in [0.15, 0.2) is 106 Å². The molecule has 0 saturated heterocycles. The Labute approximate surface area is 200 Å². The van der Waals surface area contributed by atoms with Crippen LogP contribution < -0.4 is 16.0 Å². The van der Waals surface area contributed by atoms with Crippen molar-refractivity contribution in [2.24, 2.45) is 9.98 Å². The Morgan fingerprint density at radius 3 is 2.82 bits per heavy atom. The summed E-state index contributed by atoms with van der Waals surface area (Å²) in [6.45, 7) is 18.9. The number of rotatable bonds is 13. The van der Waals surface area contributed by atoms with Crippen molar-refractivity contribution in [2.45, 2.75) is 46.0 Å². The van der Waals surface area contributed by atoms with Crippen molar-refractivity contribution in [3.8, 4) is 0 Å². The molecule has 5 nitrogen and oxygen atoms in total. The Balaban J connectivity index is 1.99. The van der Waals surface area contributed by atoms with Crippen LogP contribution in [0.2, 0.25) is 0 Å². The average Bonchev–Trinajstić information content (AvgIpc) is 3.01. The average molecular weight is 446 g/mol. The van der Waals surface area contributed by atoms with Crippen molar-refractivity contribution in [2.75, 3.05) is 19.6 Å². The maximum Gasteiger partial charge on any atom is 0.110 e. The van der Waals surface area contributed by atoms with Crippen molar-refractivity contribution in [1.82, 2.24) is 16.0 Å². The number of hydrogen-bond acceptors (Lipinski definition) is 4. The molecule has 0 unspecified atom stereocenters. The molecule has 0 spiro atoms. The first-order chi connectivity index (χ1) is 16.0. The molecule has 0 bridgehead atoms. The molecule has 1 heterocycles. The van der Waals surface area contributed by atoms with Crippen molar-refractivity contribution in [3.63, 3.8) is 0 Å². The summed E-state index contributed by atoms with van der Waals surface area (Å²) in [5.74, 6) is 0. The molecule has 2 rings (SSSR count). The first-order valence-electron chi connectivity index (χ1n) is 11.8. The Kier molecular flexibility index (Phi) is 11.5. The number of nitrogens with zero attached hydrogens (tertiary/aromatic N) is 2. The molecular weight excluding hydrogens is 406 g/mol. The van der Waals surface area contributed by atoms with E-state index in [1.807, 2.05) is 13.1 Å². The van der Waals surface area contributed by atoms with E-state index in [2.05, 4.69) is 89.1 Å². The first-order valence-corrected chi connectivity index (χ1v) is 11.8. The molecule has 0 aromatic carbocycles. The Morgan fingerprint density at radius 2 is 2.03 bits per heavy atom. The summed E-state index contributed by atoms with van der Waals surface area (Å²) in [7, 11) is 0. The van der Waals surface area contributed by atoms with E-state index in [4.69, 9.17) is 0 Å². The molecule has 33 heavy (non-hydrogen) atoms. The maximum atomic E-state index is 4.54. The van der Waals surface area contributed by atoms with Crippen LogP contribution in [0.4, 0.5) is 0 Å². The van der Waals surface area contributed by atoms with Crippen LogP contribution in [0.25, 0.3) is 0 Å². The second kappa shape index (κ2) is 14.7. The minimum absolute atomic E-state index is 0.678. The summed E-state index contributed by atoms with van der Waals surface area (Å²) in [5, 5.41) is 10.1. The van der Waals surface area contributed by atoms with Gasteiger partial charge in [0, 0.05) is 31.0 Å². The van der Waals surface area contributed by atoms with Gasteiger partial charge in [-0.2, -0.15) is 0 Å². The van der Waals surface area contributed by atoms with E-state index in [0.29, 0.717) is 19.5 Å². The summed E-state index contributed by atoms with van der Waals surface area (Å²) in [5.41, 5.74) is 7.23. The molecule has 3 N–H and O–H groups in total. The highest BCUT2D eigenvalue weighted by molar-refractivity contribution is 6.13. The largest absolute Gasteiger partial charge is 0.388 e. The summed E-state index contributed by atoms with van der Waals surface area (Å²) < 4.78 is 0. The normalized spacial score (nSPS) is 16.7. The van der Waals surface area contributed by atoms with Gasteiger partial charge in [-0.25, -0.2) is 4.99 Å². The summed E-state index contributed by atoms with van der Waals surface area (Å²) in [6.07, 6.45) is 21.2. The lowest BCUT2D eigenvalue weighted by molar-refractivity contribution is 0.787. The minimum atomic E-state index is 0.678. The van der Waals surface area contributed by atoms with Gasteiger partial charge in [0.15, 0.2) is 0 Å². The molecule has 1 aliphatic carbocycles. The lowest BCUT2D eigenvalue weighted by Gasteiger charge is -2.20. The van der Waals surface area contributed by atoms with E-state index in [9.17, 15) is 0 Å². The molecule has 0 radical (unpaired) electrons. The molecule has 0 aromatic rings. The third-order valence-electron chi connectivity index (χ3n) is 5.24. The van der Waals surface area contributed by atoms with Crippen molar-refractivity contribution in [3.05, 3.63) is 96.2 Å². The van der Waals surface area contributed by atoms with E-state index in [-0.39, 0.29) is 0 Å². The molecular formula is C28H39N5. The van der Waals surface area contributed by atoms with Crippen LogP contribution in [-0.4, -0.2) is 31.7 Å². The van der Waals surface area contributed by atoms with Gasteiger partial charge in [-0.05, 0) is 68.0 Å². The van der Waals surface area contributed by atoms with Crippen LogP contribution in [0.5, 0.6) is 0 Å². The van der Waals surface area contributed by atoms with Crippen LogP contribution in [0, 0.1) is 0 Å². The highest BCUT2D eigenvalue weighted by atomic mass is 14.9. The zero-order valence-electron chi connectivity index (χ0n) is 20.3. The maximum absolute atomic E-state index is 4.54. The standard InChI is InChI=1S/C28H39N5/c1-6-8-9-17-30-18-11-12-22(3)28(32-21-29-7-2)24(5)31-20-25-13-10-14-26-16-15-23(4)33-27(26)19-25/h8-11,14,18-19,21,30-31,33H,3-7,12-13,15-17,20H2,1-2H3/b9-8+,18-11+,29-21?,32-28?. The molecule has 0 aromatic heterocycles. The molecule has 0 saturated carbocycles. The van der Waals surface area contributed by atoms with Gasteiger partial charge in [-0.3, -0.25) is 4.99 Å². The molecule has 0 amide bonds. The second-order valence-corrected chi connectivity index (χ2v) is 8.00. The third kappa shape index (κ3) is 9.36. The first kappa shape index (κ1) is 25.9. The predicted octanol–water partition coefficient (Wildman–Crippen LogP) is 5.63. The molecule has 5 heteroatoms. The zero-order chi connectivity index (χ0) is 23.9. The molecule has 1 aliphatic heterocycles. The lowest BCUT2D eigenvalue weighted by atomic mass is 10.0. The molecule has 2 aliphatic rings. The fraction of sp³-hybridized carbons (Fsp3) is 0.357. The third-order valence-corrected chi connectivity index (χ3v) is 5.24. The van der Waals surface area contributed by atoms with Gasteiger partial charge in [0.1, 0.15) is 6.34 Å². The van der Waals surface area contributed by atoms with Crippen molar-refractivity contribution >= 4 is 12.1 Å². The fourth-order valence-electron chi connectivity index (χ4n) is 3.43. The summed E-state index contributed by atoms with van der Waals surface area (Å²) >= 11 is 0. The van der Waals surface area contributed by atoms with Gasteiger partial charge in [-0.15, -0.1) is 0 Å². The summed E-state index contributed by atoms with van der Waals surface area (Å²) in [4.78, 5) is 8.77. The molecule has 0 atom stereocenters. The predicted molar refractivity (Wildman–Crippen MR) is 144 cm³/mol. The highest BCUT2D eigenvalue weighted by Crippen LogP contribution is 2.25. The Hall–Kier alpha value is -3.34. The monoisotopic (exact) mass is 445 g/mol. The lowest BCUT2D eigenvalue weighted by Crippen LogP contribution is -2.24. The van der Waals surface area contributed by atoms with Crippen molar-refractivity contribution < 1.29 is 0 Å². The highest BCUT2D eigenvalue weighted by Gasteiger charge is 2.14. The van der Waals surface area contributed by atoms with Crippen LogP contribution in [0.3, 0.4) is 0 Å². The number of nitrogens with one attached hydrogen (secondary N) is 3. The molecule has 0 fully saturated rings. The van der Waals surface area contributed by atoms with Gasteiger partial charge in [0.25, 0.3) is 0 Å². The topological polar surface area (TPSA) is 60.8 Å². The smallest absolute Gasteiger partial charge is 0.110 e. The zero-order valence-corrected chi connectivity index (χ0v) is 20.3. The second-order valence-electron chi connectivity index (χ2n) is 8.00. The van der Waals surface area contributed by atoms with Crippen molar-refractivity contribution in [1.29, 1.82) is 0 Å². The Morgan fingerprint density at radius 1 is 1.18 bits per heavy atom. The number of aliphatic imine (C=N–C) groups is 2. The van der Waals surface area contributed by atoms with Crippen LogP contribution in [0.1, 0.15) is 46.0 Å². The van der Waals surface area contributed by atoms with Gasteiger partial charge in [0.2, 0.25) is 0 Å². The van der Waals surface area contributed by atoms with E-state index in [0.717, 1.165) is 60.6 Å². The number of allylic oxidation sites excluding steroid dienone is 8. The van der Waals surface area contributed by atoms with Crippen LogP contribution in [-0.2, 0) is 0 Å². The van der Waals surface area contributed by atoms with Gasteiger partial charge >= 0.3 is 0 Å². The Bertz CT molecular complexity index is 922. The quantitative estimate of drug-likeness (QED) is 0.149. The van der Waals surface area contributed by atoms with Crippen LogP contribution >= 0.6 is 0 Å². The van der Waals surface area contributed by atoms with E-state index >= 15 is 0 Å². The van der Waals surface area contributed by atoms with Gasteiger partial charge in [0.05, 0.1) is 11.4 Å². The van der Waals surface area contributed by atoms with E-state index < -0.39 is 0 Å². The van der Waals surface area contributed by atoms with E-state index in [1.54, 1.807) is 6.34 Å².